The molecule has 2 aromatic rings. The second kappa shape index (κ2) is 9.65. The van der Waals surface area contributed by atoms with E-state index < -0.39 is 0 Å². The van der Waals surface area contributed by atoms with E-state index in [0.29, 0.717) is 18.3 Å². The summed E-state index contributed by atoms with van der Waals surface area (Å²) in [6, 6.07) is 6.11. The average molecular weight is 434 g/mol. The molecule has 6 heteroatoms. The van der Waals surface area contributed by atoms with Gasteiger partial charge in [-0.2, -0.15) is 0 Å². The number of nitrogens with zero attached hydrogens (tertiary/aromatic N) is 5. The molecule has 2 aromatic heterocycles. The van der Waals surface area contributed by atoms with Crippen molar-refractivity contribution in [3.8, 4) is 0 Å². The summed E-state index contributed by atoms with van der Waals surface area (Å²) in [6.07, 6.45) is 11.9. The maximum absolute atomic E-state index is 12.9. The molecule has 32 heavy (non-hydrogen) atoms. The summed E-state index contributed by atoms with van der Waals surface area (Å²) in [5.41, 5.74) is 3.36. The predicted octanol–water partition coefficient (Wildman–Crippen LogP) is 4.42. The lowest BCUT2D eigenvalue weighted by molar-refractivity contribution is -0.119. The summed E-state index contributed by atoms with van der Waals surface area (Å²) in [5.74, 6) is 3.00. The number of rotatable bonds is 5. The molecular formula is C26H35N5O. The molecule has 0 aromatic carbocycles. The van der Waals surface area contributed by atoms with Crippen LogP contribution in [0.5, 0.6) is 0 Å². The maximum atomic E-state index is 12.9. The Kier molecular flexibility index (Phi) is 6.49. The number of aromatic nitrogens is 3. The van der Waals surface area contributed by atoms with Gasteiger partial charge in [-0.15, -0.1) is 0 Å². The van der Waals surface area contributed by atoms with Gasteiger partial charge in [0.25, 0.3) is 0 Å². The zero-order valence-corrected chi connectivity index (χ0v) is 19.3. The fourth-order valence-electron chi connectivity index (χ4n) is 5.73. The van der Waals surface area contributed by atoms with Gasteiger partial charge in [-0.1, -0.05) is 25.3 Å². The van der Waals surface area contributed by atoms with E-state index in [-0.39, 0.29) is 5.91 Å². The molecule has 0 radical (unpaired) electrons. The Labute approximate surface area is 191 Å². The van der Waals surface area contributed by atoms with Crippen molar-refractivity contribution in [2.75, 3.05) is 24.5 Å². The molecular weight excluding hydrogens is 398 g/mol. The zero-order chi connectivity index (χ0) is 21.9. The van der Waals surface area contributed by atoms with E-state index in [1.165, 1.54) is 37.7 Å². The summed E-state index contributed by atoms with van der Waals surface area (Å²) in [5, 5.41) is 0. The van der Waals surface area contributed by atoms with E-state index in [4.69, 9.17) is 9.97 Å². The van der Waals surface area contributed by atoms with Crippen LogP contribution in [0.1, 0.15) is 80.1 Å². The first-order chi connectivity index (χ1) is 15.7. The van der Waals surface area contributed by atoms with Crippen molar-refractivity contribution in [2.24, 2.45) is 5.92 Å². The van der Waals surface area contributed by atoms with Crippen LogP contribution in [0.3, 0.4) is 0 Å². The molecule has 4 heterocycles. The van der Waals surface area contributed by atoms with Gasteiger partial charge >= 0.3 is 0 Å². The number of likely N-dealkylation sites (tertiary alicyclic amines) is 1. The van der Waals surface area contributed by atoms with E-state index in [0.717, 1.165) is 68.5 Å². The molecule has 0 spiro atoms. The quantitative estimate of drug-likeness (QED) is 0.699. The van der Waals surface area contributed by atoms with Gasteiger partial charge in [0, 0.05) is 49.4 Å². The number of pyridine rings is 1. The van der Waals surface area contributed by atoms with Crippen LogP contribution in [0.4, 0.5) is 5.82 Å². The Morgan fingerprint density at radius 1 is 1.03 bits per heavy atom. The molecule has 1 saturated carbocycles. The number of carbonyl (C=O) groups is 1. The van der Waals surface area contributed by atoms with E-state index >= 15 is 0 Å². The van der Waals surface area contributed by atoms with Crippen molar-refractivity contribution < 1.29 is 4.79 Å². The van der Waals surface area contributed by atoms with Crippen molar-refractivity contribution in [3.63, 3.8) is 0 Å². The molecule has 6 nitrogen and oxygen atoms in total. The highest BCUT2D eigenvalue weighted by Gasteiger charge is 2.32. The third-order valence-corrected chi connectivity index (χ3v) is 7.50. The van der Waals surface area contributed by atoms with Crippen LogP contribution in [0.15, 0.2) is 24.4 Å². The molecule has 2 aliphatic heterocycles. The molecule has 1 saturated heterocycles. The van der Waals surface area contributed by atoms with Gasteiger partial charge in [-0.25, -0.2) is 9.97 Å². The number of fused-ring (bicyclic) bond motifs is 1. The van der Waals surface area contributed by atoms with Gasteiger partial charge in [0.1, 0.15) is 11.6 Å². The van der Waals surface area contributed by atoms with E-state index in [2.05, 4.69) is 28.9 Å². The zero-order valence-electron chi connectivity index (χ0n) is 19.3. The lowest BCUT2D eigenvalue weighted by Crippen LogP contribution is -2.41. The minimum Gasteiger partial charge on any atom is -0.297 e. The molecule has 1 atom stereocenters. The highest BCUT2D eigenvalue weighted by Crippen LogP contribution is 2.34. The summed E-state index contributed by atoms with van der Waals surface area (Å²) < 4.78 is 0. The van der Waals surface area contributed by atoms with Crippen LogP contribution in [0, 0.1) is 12.8 Å². The van der Waals surface area contributed by atoms with E-state index in [1.807, 2.05) is 17.2 Å². The lowest BCUT2D eigenvalue weighted by Gasteiger charge is -2.35. The molecule has 5 rings (SSSR count). The second-order valence-corrected chi connectivity index (χ2v) is 9.87. The Balaban J connectivity index is 1.37. The van der Waals surface area contributed by atoms with Gasteiger partial charge in [-0.3, -0.25) is 19.6 Å². The topological polar surface area (TPSA) is 62.2 Å². The van der Waals surface area contributed by atoms with Crippen molar-refractivity contribution in [1.29, 1.82) is 0 Å². The molecule has 3 aliphatic rings. The van der Waals surface area contributed by atoms with Crippen LogP contribution < -0.4 is 4.90 Å². The number of aryl methyl sites for hydroxylation is 1. The van der Waals surface area contributed by atoms with E-state index in [1.54, 1.807) is 0 Å². The molecule has 1 unspecified atom stereocenters. The Bertz CT molecular complexity index is 941. The standard InChI is InChI=1S/C26H35N5O/c1-19-23-12-13-24(32)31(16-20-8-3-2-4-9-20)26(23)29-25(28-19)21-10-7-15-30(17-21)18-22-11-5-6-14-27-22/h5-6,11,14,20-21H,2-4,7-10,12-13,15-18H2,1H3. The second-order valence-electron chi connectivity index (χ2n) is 9.87. The van der Waals surface area contributed by atoms with Crippen LogP contribution in [-0.4, -0.2) is 45.4 Å². The third kappa shape index (κ3) is 4.70. The third-order valence-electron chi connectivity index (χ3n) is 7.50. The number of amides is 1. The minimum absolute atomic E-state index is 0.243. The van der Waals surface area contributed by atoms with Crippen LogP contribution in [0.2, 0.25) is 0 Å². The fourth-order valence-corrected chi connectivity index (χ4v) is 5.73. The molecule has 1 amide bonds. The monoisotopic (exact) mass is 433 g/mol. The van der Waals surface area contributed by atoms with Crippen LogP contribution in [-0.2, 0) is 17.8 Å². The normalized spacial score (nSPS) is 22.7. The van der Waals surface area contributed by atoms with Gasteiger partial charge in [0.15, 0.2) is 0 Å². The van der Waals surface area contributed by atoms with Crippen molar-refractivity contribution in [1.82, 2.24) is 19.9 Å². The van der Waals surface area contributed by atoms with Crippen molar-refractivity contribution in [3.05, 3.63) is 47.2 Å². The Morgan fingerprint density at radius 2 is 1.91 bits per heavy atom. The molecule has 0 N–H and O–H groups in total. The number of carbonyl (C=O) groups excluding carboxylic acids is 1. The Hall–Kier alpha value is -2.34. The summed E-state index contributed by atoms with van der Waals surface area (Å²) in [7, 11) is 0. The molecule has 2 fully saturated rings. The first kappa shape index (κ1) is 21.5. The predicted molar refractivity (Wildman–Crippen MR) is 126 cm³/mol. The lowest BCUT2D eigenvalue weighted by atomic mass is 9.88. The number of hydrogen-bond donors (Lipinski definition) is 0. The van der Waals surface area contributed by atoms with Crippen molar-refractivity contribution in [2.45, 2.75) is 77.2 Å². The van der Waals surface area contributed by atoms with Gasteiger partial charge < -0.3 is 0 Å². The largest absolute Gasteiger partial charge is 0.297 e. The summed E-state index contributed by atoms with van der Waals surface area (Å²) >= 11 is 0. The SMILES string of the molecule is Cc1nc(C2CCCN(Cc3ccccn3)C2)nc2c1CCC(=O)N2CC1CCCCC1. The molecule has 0 bridgehead atoms. The molecule has 1 aliphatic carbocycles. The number of anilines is 1. The van der Waals surface area contributed by atoms with E-state index in [9.17, 15) is 4.79 Å². The van der Waals surface area contributed by atoms with Gasteiger partial charge in [-0.05, 0) is 63.6 Å². The fraction of sp³-hybridized carbons (Fsp3) is 0.615. The van der Waals surface area contributed by atoms with Gasteiger partial charge in [0.2, 0.25) is 5.91 Å². The minimum atomic E-state index is 0.243. The van der Waals surface area contributed by atoms with Crippen LogP contribution >= 0.6 is 0 Å². The number of hydrogen-bond acceptors (Lipinski definition) is 5. The highest BCUT2D eigenvalue weighted by atomic mass is 16.2. The summed E-state index contributed by atoms with van der Waals surface area (Å²) in [6.45, 7) is 5.84. The Morgan fingerprint density at radius 3 is 2.72 bits per heavy atom. The average Bonchev–Trinajstić information content (AvgIpc) is 2.82. The van der Waals surface area contributed by atoms with Gasteiger partial charge in [0.05, 0.1) is 5.69 Å². The first-order valence-electron chi connectivity index (χ1n) is 12.5. The first-order valence-corrected chi connectivity index (χ1v) is 12.5. The highest BCUT2D eigenvalue weighted by molar-refractivity contribution is 5.95. The maximum Gasteiger partial charge on any atom is 0.228 e. The smallest absolute Gasteiger partial charge is 0.228 e. The molecule has 170 valence electrons. The van der Waals surface area contributed by atoms with Crippen molar-refractivity contribution >= 4 is 11.7 Å². The summed E-state index contributed by atoms with van der Waals surface area (Å²) in [4.78, 5) is 32.0. The number of piperidine rings is 1. The van der Waals surface area contributed by atoms with Crippen LogP contribution in [0.25, 0.3) is 0 Å².